The van der Waals surface area contributed by atoms with Gasteiger partial charge in [-0.3, -0.25) is 14.5 Å². The Kier molecular flexibility index (Phi) is 6.97. The molecule has 2 amide bonds. The van der Waals surface area contributed by atoms with Gasteiger partial charge in [-0.2, -0.15) is 0 Å². The molecule has 128 valence electrons. The zero-order valence-corrected chi connectivity index (χ0v) is 14.2. The Morgan fingerprint density at radius 2 is 2.13 bits per heavy atom. The van der Waals surface area contributed by atoms with E-state index in [2.05, 4.69) is 15.1 Å². The first-order chi connectivity index (χ1) is 11.1. The van der Waals surface area contributed by atoms with Crippen molar-refractivity contribution in [3.63, 3.8) is 0 Å². The van der Waals surface area contributed by atoms with Gasteiger partial charge in [-0.1, -0.05) is 0 Å². The largest absolute Gasteiger partial charge is 0.379 e. The summed E-state index contributed by atoms with van der Waals surface area (Å²) in [5.41, 5.74) is 5.63. The van der Waals surface area contributed by atoms with Gasteiger partial charge in [0.05, 0.1) is 18.8 Å². The highest BCUT2D eigenvalue weighted by atomic mass is 32.1. The molecule has 0 atom stereocenters. The Labute approximate surface area is 140 Å². The number of rotatable bonds is 8. The average molecular weight is 340 g/mol. The lowest BCUT2D eigenvalue weighted by molar-refractivity contribution is -0.116. The number of hydrogen-bond donors (Lipinski definition) is 2. The molecular weight excluding hydrogens is 316 g/mol. The molecule has 0 unspecified atom stereocenters. The Morgan fingerprint density at radius 1 is 1.39 bits per heavy atom. The zero-order chi connectivity index (χ0) is 16.7. The van der Waals surface area contributed by atoms with Gasteiger partial charge in [-0.15, -0.1) is 11.3 Å². The van der Waals surface area contributed by atoms with E-state index in [9.17, 15) is 9.59 Å². The van der Waals surface area contributed by atoms with Gasteiger partial charge in [0.1, 0.15) is 5.00 Å². The molecule has 2 heterocycles. The summed E-state index contributed by atoms with van der Waals surface area (Å²) in [5, 5.41) is 5.02. The summed E-state index contributed by atoms with van der Waals surface area (Å²) in [4.78, 5) is 27.7. The fourth-order valence-electron chi connectivity index (χ4n) is 2.33. The molecule has 1 saturated heterocycles. The summed E-state index contributed by atoms with van der Waals surface area (Å²) in [7, 11) is 2.01. The fourth-order valence-corrected chi connectivity index (χ4v) is 3.14. The minimum Gasteiger partial charge on any atom is -0.379 e. The number of nitrogens with two attached hydrogens (primary N) is 1. The first-order valence-corrected chi connectivity index (χ1v) is 8.60. The Balaban J connectivity index is 1.67. The maximum absolute atomic E-state index is 12.0. The first-order valence-electron chi connectivity index (χ1n) is 7.72. The fraction of sp³-hybridized carbons (Fsp3) is 0.600. The van der Waals surface area contributed by atoms with Crippen molar-refractivity contribution >= 4 is 28.2 Å². The Morgan fingerprint density at radius 3 is 2.83 bits per heavy atom. The zero-order valence-electron chi connectivity index (χ0n) is 13.4. The lowest BCUT2D eigenvalue weighted by Gasteiger charge is -2.28. The number of anilines is 1. The second kappa shape index (κ2) is 8.97. The summed E-state index contributed by atoms with van der Waals surface area (Å²) in [6.07, 6.45) is 0.385. The van der Waals surface area contributed by atoms with Crippen LogP contribution in [-0.4, -0.2) is 74.6 Å². The van der Waals surface area contributed by atoms with E-state index < -0.39 is 5.91 Å². The van der Waals surface area contributed by atoms with Crippen LogP contribution in [0.2, 0.25) is 0 Å². The Bertz CT molecular complexity index is 529. The third kappa shape index (κ3) is 5.91. The van der Waals surface area contributed by atoms with Gasteiger partial charge in [0.25, 0.3) is 5.91 Å². The normalized spacial score (nSPS) is 15.7. The van der Waals surface area contributed by atoms with Gasteiger partial charge < -0.3 is 20.7 Å². The van der Waals surface area contributed by atoms with Crippen LogP contribution < -0.4 is 11.1 Å². The number of nitrogens with zero attached hydrogens (tertiary/aromatic N) is 2. The number of nitrogens with one attached hydrogen (secondary N) is 1. The predicted molar refractivity (Wildman–Crippen MR) is 90.8 cm³/mol. The van der Waals surface area contributed by atoms with Gasteiger partial charge >= 0.3 is 0 Å². The molecule has 7 nitrogen and oxygen atoms in total. The van der Waals surface area contributed by atoms with E-state index >= 15 is 0 Å². The quantitative estimate of drug-likeness (QED) is 0.717. The number of carbonyl (C=O) groups is 2. The maximum Gasteiger partial charge on any atom is 0.251 e. The Hall–Kier alpha value is -1.48. The molecular formula is C15H24N4O3S. The monoisotopic (exact) mass is 340 g/mol. The third-order valence-electron chi connectivity index (χ3n) is 3.81. The molecule has 1 aliphatic rings. The van der Waals surface area contributed by atoms with E-state index in [0.717, 1.165) is 39.4 Å². The van der Waals surface area contributed by atoms with Gasteiger partial charge in [0.2, 0.25) is 5.91 Å². The summed E-state index contributed by atoms with van der Waals surface area (Å²) in [5.74, 6) is -0.627. The van der Waals surface area contributed by atoms with Crippen LogP contribution in [0.1, 0.15) is 16.8 Å². The molecule has 0 spiro atoms. The van der Waals surface area contributed by atoms with Crippen molar-refractivity contribution in [2.24, 2.45) is 5.73 Å². The highest BCUT2D eigenvalue weighted by molar-refractivity contribution is 7.14. The van der Waals surface area contributed by atoms with Crippen molar-refractivity contribution in [2.45, 2.75) is 6.42 Å². The lowest BCUT2D eigenvalue weighted by atomic mass is 10.3. The molecule has 23 heavy (non-hydrogen) atoms. The van der Waals surface area contributed by atoms with Crippen LogP contribution in [0.4, 0.5) is 5.00 Å². The minimum atomic E-state index is -0.524. The molecule has 1 aromatic heterocycles. The number of hydrogen-bond acceptors (Lipinski definition) is 6. The van der Waals surface area contributed by atoms with Crippen molar-refractivity contribution in [2.75, 3.05) is 58.3 Å². The van der Waals surface area contributed by atoms with E-state index in [0.29, 0.717) is 23.5 Å². The standard InChI is InChI=1S/C15H24N4O3S/c1-18(5-6-19-7-9-22-10-8-19)4-2-13(20)17-15-12(14(16)21)3-11-23-15/h3,11H,2,4-10H2,1H3,(H2,16,21)(H,17,20). The molecule has 3 N–H and O–H groups in total. The second-order valence-electron chi connectivity index (χ2n) is 5.58. The molecule has 0 radical (unpaired) electrons. The summed E-state index contributed by atoms with van der Waals surface area (Å²) in [6.45, 7) is 6.12. The van der Waals surface area contributed by atoms with Crippen molar-refractivity contribution in [1.82, 2.24) is 9.80 Å². The number of thiophene rings is 1. The SMILES string of the molecule is CN(CCC(=O)Nc1sccc1C(N)=O)CCN1CCOCC1. The van der Waals surface area contributed by atoms with E-state index in [4.69, 9.17) is 10.5 Å². The van der Waals surface area contributed by atoms with E-state index in [1.807, 2.05) is 7.05 Å². The van der Waals surface area contributed by atoms with Crippen molar-refractivity contribution in [3.8, 4) is 0 Å². The van der Waals surface area contributed by atoms with Gasteiger partial charge in [-0.25, -0.2) is 0 Å². The number of likely N-dealkylation sites (N-methyl/N-ethyl adjacent to an activating group) is 1. The van der Waals surface area contributed by atoms with Gasteiger partial charge in [0, 0.05) is 39.1 Å². The van der Waals surface area contributed by atoms with Crippen molar-refractivity contribution < 1.29 is 14.3 Å². The van der Waals surface area contributed by atoms with Crippen molar-refractivity contribution in [1.29, 1.82) is 0 Å². The first kappa shape index (κ1) is 17.9. The highest BCUT2D eigenvalue weighted by Gasteiger charge is 2.14. The highest BCUT2D eigenvalue weighted by Crippen LogP contribution is 2.22. The number of morpholine rings is 1. The summed E-state index contributed by atoms with van der Waals surface area (Å²) in [6, 6.07) is 1.62. The molecule has 2 rings (SSSR count). The molecule has 0 bridgehead atoms. The maximum atomic E-state index is 12.0. The predicted octanol–water partition coefficient (Wildman–Crippen LogP) is 0.440. The lowest BCUT2D eigenvalue weighted by Crippen LogP contribution is -2.41. The number of primary amides is 1. The molecule has 8 heteroatoms. The summed E-state index contributed by atoms with van der Waals surface area (Å²) >= 11 is 1.30. The molecule has 1 aromatic rings. The van der Waals surface area contributed by atoms with E-state index in [1.54, 1.807) is 11.4 Å². The second-order valence-corrected chi connectivity index (χ2v) is 6.50. The van der Waals surface area contributed by atoms with E-state index in [-0.39, 0.29) is 5.91 Å². The number of ether oxygens (including phenoxy) is 1. The molecule has 1 aliphatic heterocycles. The van der Waals surface area contributed by atoms with Crippen molar-refractivity contribution in [3.05, 3.63) is 17.0 Å². The van der Waals surface area contributed by atoms with Gasteiger partial charge in [0.15, 0.2) is 0 Å². The number of amides is 2. The van der Waals surface area contributed by atoms with Crippen LogP contribution in [0, 0.1) is 0 Å². The smallest absolute Gasteiger partial charge is 0.251 e. The molecule has 1 fully saturated rings. The summed E-state index contributed by atoms with van der Waals surface area (Å²) < 4.78 is 5.32. The topological polar surface area (TPSA) is 87.9 Å². The number of carbonyl (C=O) groups excluding carboxylic acids is 2. The molecule has 0 aliphatic carbocycles. The van der Waals surface area contributed by atoms with Crippen LogP contribution >= 0.6 is 11.3 Å². The van der Waals surface area contributed by atoms with Gasteiger partial charge in [-0.05, 0) is 18.5 Å². The van der Waals surface area contributed by atoms with E-state index in [1.165, 1.54) is 11.3 Å². The molecule has 0 aromatic carbocycles. The third-order valence-corrected chi connectivity index (χ3v) is 4.64. The van der Waals surface area contributed by atoms with Crippen LogP contribution in [0.15, 0.2) is 11.4 Å². The van der Waals surface area contributed by atoms with Crippen LogP contribution in [0.3, 0.4) is 0 Å². The van der Waals surface area contributed by atoms with Crippen LogP contribution in [0.25, 0.3) is 0 Å². The molecule has 0 saturated carbocycles. The average Bonchev–Trinajstić information content (AvgIpc) is 3.00. The minimum absolute atomic E-state index is 0.104. The van der Waals surface area contributed by atoms with Crippen LogP contribution in [-0.2, 0) is 9.53 Å². The van der Waals surface area contributed by atoms with Crippen LogP contribution in [0.5, 0.6) is 0 Å².